The molecule has 0 aliphatic heterocycles. The van der Waals surface area contributed by atoms with E-state index in [4.69, 9.17) is 4.74 Å². The molecular weight excluding hydrogens is 308 g/mol. The number of ether oxygens (including phenoxy) is 1. The minimum atomic E-state index is 0.0358. The summed E-state index contributed by atoms with van der Waals surface area (Å²) in [6.07, 6.45) is 24.7. The van der Waals surface area contributed by atoms with Gasteiger partial charge < -0.3 is 4.74 Å². The van der Waals surface area contributed by atoms with Gasteiger partial charge in [-0.15, -0.1) is 0 Å². The van der Waals surface area contributed by atoms with E-state index in [1.807, 2.05) is 0 Å². The molecule has 2 nitrogen and oxygen atoms in total. The summed E-state index contributed by atoms with van der Waals surface area (Å²) in [5, 5.41) is 0. The molecule has 0 N–H and O–H groups in total. The third-order valence-corrected chi connectivity index (χ3v) is 5.69. The normalized spacial score (nSPS) is 15.4. The fraction of sp³-hybridized carbons (Fsp3) is 0.957. The average molecular weight is 353 g/mol. The number of hydrogen-bond donors (Lipinski definition) is 0. The maximum absolute atomic E-state index is 11.8. The smallest absolute Gasteiger partial charge is 0.305 e. The van der Waals surface area contributed by atoms with Crippen molar-refractivity contribution in [3.8, 4) is 0 Å². The van der Waals surface area contributed by atoms with Crippen LogP contribution < -0.4 is 0 Å². The maximum atomic E-state index is 11.8. The van der Waals surface area contributed by atoms with Gasteiger partial charge in [0.25, 0.3) is 0 Å². The lowest BCUT2D eigenvalue weighted by Crippen LogP contribution is -2.16. The Kier molecular flexibility index (Phi) is 15.2. The van der Waals surface area contributed by atoms with Gasteiger partial charge in [0.05, 0.1) is 6.61 Å². The summed E-state index contributed by atoms with van der Waals surface area (Å²) in [6, 6.07) is 0. The quantitative estimate of drug-likeness (QED) is 0.211. The number of hydrogen-bond acceptors (Lipinski definition) is 2. The summed E-state index contributed by atoms with van der Waals surface area (Å²) < 4.78 is 5.45. The van der Waals surface area contributed by atoms with Crippen LogP contribution in [-0.2, 0) is 9.53 Å². The number of carbonyl (C=O) groups is 1. The van der Waals surface area contributed by atoms with Crippen molar-refractivity contribution >= 4 is 5.97 Å². The van der Waals surface area contributed by atoms with Gasteiger partial charge in [-0.1, -0.05) is 103 Å². The Bertz CT molecular complexity index is 294. The van der Waals surface area contributed by atoms with Gasteiger partial charge in [0.2, 0.25) is 0 Å². The molecule has 0 amide bonds. The Hall–Kier alpha value is -0.530. The van der Waals surface area contributed by atoms with Crippen molar-refractivity contribution in [2.75, 3.05) is 6.61 Å². The highest BCUT2D eigenvalue weighted by molar-refractivity contribution is 5.69. The van der Waals surface area contributed by atoms with E-state index in [0.29, 0.717) is 18.9 Å². The first kappa shape index (κ1) is 22.5. The molecule has 0 heterocycles. The highest BCUT2D eigenvalue weighted by Crippen LogP contribution is 2.23. The topological polar surface area (TPSA) is 26.3 Å². The molecule has 0 aromatic heterocycles. The molecule has 0 aromatic carbocycles. The van der Waals surface area contributed by atoms with Crippen molar-refractivity contribution < 1.29 is 9.53 Å². The zero-order valence-electron chi connectivity index (χ0n) is 17.0. The zero-order chi connectivity index (χ0) is 18.0. The first-order chi connectivity index (χ1) is 12.3. The van der Waals surface area contributed by atoms with Crippen LogP contribution in [0, 0.1) is 5.92 Å². The van der Waals surface area contributed by atoms with Gasteiger partial charge in [-0.2, -0.15) is 0 Å². The number of unbranched alkanes of at least 4 members (excludes halogenated alkanes) is 12. The van der Waals surface area contributed by atoms with Crippen molar-refractivity contribution in [1.82, 2.24) is 0 Å². The van der Waals surface area contributed by atoms with Crippen molar-refractivity contribution in [2.24, 2.45) is 5.92 Å². The Labute approximate surface area is 157 Å². The van der Waals surface area contributed by atoms with Crippen LogP contribution in [0.25, 0.3) is 0 Å². The van der Waals surface area contributed by atoms with E-state index in [1.54, 1.807) is 0 Å². The number of carbonyl (C=O) groups excluding carboxylic acids is 1. The fourth-order valence-electron chi connectivity index (χ4n) is 3.92. The molecule has 0 radical (unpaired) electrons. The first-order valence-corrected chi connectivity index (χ1v) is 11.5. The average Bonchev–Trinajstić information content (AvgIpc) is 2.64. The monoisotopic (exact) mass is 352 g/mol. The molecule has 0 saturated heterocycles. The summed E-state index contributed by atoms with van der Waals surface area (Å²) in [7, 11) is 0. The van der Waals surface area contributed by atoms with Crippen LogP contribution in [0.5, 0.6) is 0 Å². The maximum Gasteiger partial charge on any atom is 0.305 e. The second-order valence-electron chi connectivity index (χ2n) is 8.18. The summed E-state index contributed by atoms with van der Waals surface area (Å²) in [5.41, 5.74) is 0. The SMILES string of the molecule is CCCCCCCCCCCCCCCC(=O)OCC1CCCCC1. The third kappa shape index (κ3) is 14.3. The molecule has 148 valence electrons. The summed E-state index contributed by atoms with van der Waals surface area (Å²) >= 11 is 0. The fourth-order valence-corrected chi connectivity index (χ4v) is 3.92. The van der Waals surface area contributed by atoms with Gasteiger partial charge in [-0.3, -0.25) is 4.79 Å². The Morgan fingerprint density at radius 3 is 1.72 bits per heavy atom. The molecule has 1 rings (SSSR count). The predicted molar refractivity (Wildman–Crippen MR) is 108 cm³/mol. The summed E-state index contributed by atoms with van der Waals surface area (Å²) in [6.45, 7) is 2.96. The largest absolute Gasteiger partial charge is 0.465 e. The molecule has 1 saturated carbocycles. The molecule has 0 atom stereocenters. The lowest BCUT2D eigenvalue weighted by molar-refractivity contribution is -0.145. The minimum Gasteiger partial charge on any atom is -0.465 e. The molecule has 1 aliphatic carbocycles. The predicted octanol–water partition coefficient (Wildman–Crippen LogP) is 7.59. The molecule has 2 heteroatoms. The van der Waals surface area contributed by atoms with Crippen molar-refractivity contribution in [2.45, 2.75) is 129 Å². The van der Waals surface area contributed by atoms with Gasteiger partial charge in [-0.25, -0.2) is 0 Å². The van der Waals surface area contributed by atoms with Crippen LogP contribution >= 0.6 is 0 Å². The molecule has 1 fully saturated rings. The second kappa shape index (κ2) is 16.9. The molecule has 0 bridgehead atoms. The second-order valence-corrected chi connectivity index (χ2v) is 8.18. The van der Waals surface area contributed by atoms with Gasteiger partial charge in [0.15, 0.2) is 0 Å². The molecule has 0 spiro atoms. The molecular formula is C23H44O2. The van der Waals surface area contributed by atoms with E-state index >= 15 is 0 Å². The first-order valence-electron chi connectivity index (χ1n) is 11.5. The van der Waals surface area contributed by atoms with Crippen LogP contribution in [-0.4, -0.2) is 12.6 Å². The van der Waals surface area contributed by atoms with Gasteiger partial charge >= 0.3 is 5.97 Å². The lowest BCUT2D eigenvalue weighted by Gasteiger charge is -2.20. The molecule has 0 unspecified atom stereocenters. The highest BCUT2D eigenvalue weighted by atomic mass is 16.5. The van der Waals surface area contributed by atoms with Crippen LogP contribution in [0.4, 0.5) is 0 Å². The van der Waals surface area contributed by atoms with Crippen LogP contribution in [0.15, 0.2) is 0 Å². The van der Waals surface area contributed by atoms with Crippen LogP contribution in [0.2, 0.25) is 0 Å². The molecule has 0 aromatic rings. The van der Waals surface area contributed by atoms with Crippen molar-refractivity contribution in [1.29, 1.82) is 0 Å². The Balaban J connectivity index is 1.75. The summed E-state index contributed by atoms with van der Waals surface area (Å²) in [5.74, 6) is 0.679. The lowest BCUT2D eigenvalue weighted by atomic mass is 9.90. The zero-order valence-corrected chi connectivity index (χ0v) is 17.0. The van der Waals surface area contributed by atoms with Gasteiger partial charge in [0.1, 0.15) is 0 Å². The molecule has 1 aliphatic rings. The van der Waals surface area contributed by atoms with Crippen LogP contribution in [0.3, 0.4) is 0 Å². The van der Waals surface area contributed by atoms with E-state index in [2.05, 4.69) is 6.92 Å². The Morgan fingerprint density at radius 1 is 0.720 bits per heavy atom. The van der Waals surface area contributed by atoms with E-state index in [-0.39, 0.29) is 5.97 Å². The van der Waals surface area contributed by atoms with Crippen molar-refractivity contribution in [3.05, 3.63) is 0 Å². The van der Waals surface area contributed by atoms with Crippen molar-refractivity contribution in [3.63, 3.8) is 0 Å². The summed E-state index contributed by atoms with van der Waals surface area (Å²) in [4.78, 5) is 11.8. The van der Waals surface area contributed by atoms with Gasteiger partial charge in [-0.05, 0) is 25.2 Å². The minimum absolute atomic E-state index is 0.0358. The van der Waals surface area contributed by atoms with E-state index in [9.17, 15) is 4.79 Å². The highest BCUT2D eigenvalue weighted by Gasteiger charge is 2.15. The standard InChI is InChI=1S/C23H44O2/c1-2-3-4-5-6-7-8-9-10-11-12-13-17-20-23(24)25-21-22-18-15-14-16-19-22/h22H,2-21H2,1H3. The Morgan fingerprint density at radius 2 is 1.20 bits per heavy atom. The molecule has 25 heavy (non-hydrogen) atoms. The van der Waals surface area contributed by atoms with E-state index in [1.165, 1.54) is 109 Å². The number of rotatable bonds is 16. The van der Waals surface area contributed by atoms with Crippen LogP contribution in [0.1, 0.15) is 129 Å². The third-order valence-electron chi connectivity index (χ3n) is 5.69. The van der Waals surface area contributed by atoms with E-state index < -0.39 is 0 Å². The number of esters is 1. The van der Waals surface area contributed by atoms with Gasteiger partial charge in [0, 0.05) is 6.42 Å². The van der Waals surface area contributed by atoms with E-state index in [0.717, 1.165) is 6.42 Å².